The molecule has 3 nitrogen and oxygen atoms in total. The second-order valence-corrected chi connectivity index (χ2v) is 3.53. The van der Waals surface area contributed by atoms with Gasteiger partial charge in [0.15, 0.2) is 0 Å². The van der Waals surface area contributed by atoms with E-state index in [2.05, 4.69) is 11.2 Å². The summed E-state index contributed by atoms with van der Waals surface area (Å²) < 4.78 is 1.74. The Morgan fingerprint density at radius 2 is 2.07 bits per heavy atom. The summed E-state index contributed by atoms with van der Waals surface area (Å²) in [6.45, 7) is 3.93. The summed E-state index contributed by atoms with van der Waals surface area (Å²) in [5.74, 6) is 0. The smallest absolute Gasteiger partial charge is 0.101 e. The van der Waals surface area contributed by atoms with E-state index in [0.717, 1.165) is 16.9 Å². The van der Waals surface area contributed by atoms with Crippen molar-refractivity contribution in [3.63, 3.8) is 0 Å². The van der Waals surface area contributed by atoms with E-state index in [1.165, 1.54) is 0 Å². The van der Waals surface area contributed by atoms with Gasteiger partial charge in [-0.3, -0.25) is 0 Å². The van der Waals surface area contributed by atoms with Crippen molar-refractivity contribution in [1.82, 2.24) is 9.78 Å². The van der Waals surface area contributed by atoms with Crippen molar-refractivity contribution in [2.24, 2.45) is 0 Å². The topological polar surface area (TPSA) is 41.6 Å². The van der Waals surface area contributed by atoms with Crippen LogP contribution in [0.25, 0.3) is 5.69 Å². The van der Waals surface area contributed by atoms with E-state index in [0.29, 0.717) is 5.56 Å². The second kappa shape index (κ2) is 3.58. The van der Waals surface area contributed by atoms with Gasteiger partial charge in [0.1, 0.15) is 6.07 Å². The molecule has 15 heavy (non-hydrogen) atoms. The lowest BCUT2D eigenvalue weighted by Gasteiger charge is -2.04. The number of nitriles is 1. The van der Waals surface area contributed by atoms with Crippen LogP contribution in [0.5, 0.6) is 0 Å². The van der Waals surface area contributed by atoms with Crippen molar-refractivity contribution in [3.05, 3.63) is 47.3 Å². The predicted molar refractivity (Wildman–Crippen MR) is 57.8 cm³/mol. The van der Waals surface area contributed by atoms with Gasteiger partial charge in [-0.25, -0.2) is 4.68 Å². The van der Waals surface area contributed by atoms with Gasteiger partial charge in [0.05, 0.1) is 16.9 Å². The quantitative estimate of drug-likeness (QED) is 0.704. The molecule has 0 unspecified atom stereocenters. The molecule has 0 radical (unpaired) electrons. The first-order valence-corrected chi connectivity index (χ1v) is 4.74. The summed E-state index contributed by atoms with van der Waals surface area (Å²) in [5.41, 5.74) is 3.55. The van der Waals surface area contributed by atoms with Gasteiger partial charge in [-0.1, -0.05) is 6.07 Å². The van der Waals surface area contributed by atoms with Crippen molar-refractivity contribution >= 4 is 0 Å². The molecule has 74 valence electrons. The minimum atomic E-state index is 0.642. The Labute approximate surface area is 88.6 Å². The van der Waals surface area contributed by atoms with E-state index in [1.807, 2.05) is 44.3 Å². The number of nitrogens with zero attached hydrogens (tertiary/aromatic N) is 3. The average molecular weight is 197 g/mol. The van der Waals surface area contributed by atoms with Crippen LogP contribution in [-0.4, -0.2) is 9.78 Å². The minimum Gasteiger partial charge on any atom is -0.239 e. The molecule has 0 N–H and O–H groups in total. The molecule has 0 saturated heterocycles. The summed E-state index contributed by atoms with van der Waals surface area (Å²) in [6.07, 6.45) is 1.87. The van der Waals surface area contributed by atoms with E-state index in [9.17, 15) is 0 Å². The highest BCUT2D eigenvalue weighted by Gasteiger charge is 2.05. The fourth-order valence-corrected chi connectivity index (χ4v) is 1.48. The number of aromatic nitrogens is 2. The average Bonchev–Trinajstić information content (AvgIpc) is 2.65. The van der Waals surface area contributed by atoms with E-state index in [1.54, 1.807) is 4.68 Å². The van der Waals surface area contributed by atoms with Crippen molar-refractivity contribution in [1.29, 1.82) is 5.26 Å². The van der Waals surface area contributed by atoms with Crippen LogP contribution in [0.1, 0.15) is 16.8 Å². The maximum atomic E-state index is 8.99. The van der Waals surface area contributed by atoms with Crippen LogP contribution in [-0.2, 0) is 0 Å². The summed E-state index contributed by atoms with van der Waals surface area (Å²) in [4.78, 5) is 0. The molecular formula is C12H11N3. The standard InChI is InChI=1S/C12H11N3/c1-9-3-4-11(8-13)12(7-9)15-6-5-10(2)14-15/h3-7H,1-2H3. The number of benzene rings is 1. The molecule has 0 saturated carbocycles. The molecule has 3 heteroatoms. The third-order valence-corrected chi connectivity index (χ3v) is 2.24. The van der Waals surface area contributed by atoms with Crippen LogP contribution in [0.3, 0.4) is 0 Å². The Hall–Kier alpha value is -2.08. The maximum absolute atomic E-state index is 8.99. The second-order valence-electron chi connectivity index (χ2n) is 3.53. The fourth-order valence-electron chi connectivity index (χ4n) is 1.48. The van der Waals surface area contributed by atoms with Crippen molar-refractivity contribution in [2.75, 3.05) is 0 Å². The first-order valence-electron chi connectivity index (χ1n) is 4.74. The predicted octanol–water partition coefficient (Wildman–Crippen LogP) is 2.36. The molecule has 0 aliphatic heterocycles. The fraction of sp³-hybridized carbons (Fsp3) is 0.167. The molecule has 0 fully saturated rings. The number of rotatable bonds is 1. The molecule has 2 aromatic rings. The molecule has 0 amide bonds. The van der Waals surface area contributed by atoms with Gasteiger partial charge in [-0.15, -0.1) is 0 Å². The Balaban J connectivity index is 2.61. The van der Waals surface area contributed by atoms with Crippen molar-refractivity contribution in [2.45, 2.75) is 13.8 Å². The van der Waals surface area contributed by atoms with Gasteiger partial charge in [0.2, 0.25) is 0 Å². The lowest BCUT2D eigenvalue weighted by molar-refractivity contribution is 0.858. The number of hydrogen-bond donors (Lipinski definition) is 0. The Morgan fingerprint density at radius 1 is 1.27 bits per heavy atom. The van der Waals surface area contributed by atoms with Gasteiger partial charge >= 0.3 is 0 Å². The third-order valence-electron chi connectivity index (χ3n) is 2.24. The minimum absolute atomic E-state index is 0.642. The first kappa shape index (κ1) is 9.47. The lowest BCUT2D eigenvalue weighted by atomic mass is 10.1. The largest absolute Gasteiger partial charge is 0.239 e. The molecule has 0 aliphatic rings. The number of aryl methyl sites for hydroxylation is 2. The highest BCUT2D eigenvalue weighted by Crippen LogP contribution is 2.15. The zero-order valence-electron chi connectivity index (χ0n) is 8.73. The molecule has 0 atom stereocenters. The van der Waals surface area contributed by atoms with E-state index in [4.69, 9.17) is 5.26 Å². The highest BCUT2D eigenvalue weighted by molar-refractivity contribution is 5.50. The molecule has 0 spiro atoms. The summed E-state index contributed by atoms with van der Waals surface area (Å²) in [6, 6.07) is 9.80. The number of hydrogen-bond acceptors (Lipinski definition) is 2. The van der Waals surface area contributed by atoms with E-state index in [-0.39, 0.29) is 0 Å². The van der Waals surface area contributed by atoms with Crippen LogP contribution in [0.2, 0.25) is 0 Å². The van der Waals surface area contributed by atoms with Gasteiger partial charge in [0, 0.05) is 6.20 Å². The normalized spacial score (nSPS) is 9.93. The maximum Gasteiger partial charge on any atom is 0.101 e. The zero-order chi connectivity index (χ0) is 10.8. The Bertz CT molecular complexity index is 532. The van der Waals surface area contributed by atoms with Gasteiger partial charge < -0.3 is 0 Å². The molecule has 1 aromatic carbocycles. The monoisotopic (exact) mass is 197 g/mol. The van der Waals surface area contributed by atoms with Crippen molar-refractivity contribution < 1.29 is 0 Å². The van der Waals surface area contributed by atoms with Crippen LogP contribution in [0.15, 0.2) is 30.5 Å². The SMILES string of the molecule is Cc1ccc(C#N)c(-n2ccc(C)n2)c1. The van der Waals surface area contributed by atoms with Crippen LogP contribution >= 0.6 is 0 Å². The highest BCUT2D eigenvalue weighted by atomic mass is 15.3. The van der Waals surface area contributed by atoms with Gasteiger partial charge in [0.25, 0.3) is 0 Å². The molecule has 0 aliphatic carbocycles. The zero-order valence-corrected chi connectivity index (χ0v) is 8.73. The van der Waals surface area contributed by atoms with Crippen LogP contribution in [0.4, 0.5) is 0 Å². The van der Waals surface area contributed by atoms with Crippen molar-refractivity contribution in [3.8, 4) is 11.8 Å². The van der Waals surface area contributed by atoms with Crippen LogP contribution in [0, 0.1) is 25.2 Å². The van der Waals surface area contributed by atoms with E-state index < -0.39 is 0 Å². The van der Waals surface area contributed by atoms with Crippen LogP contribution < -0.4 is 0 Å². The van der Waals surface area contributed by atoms with Gasteiger partial charge in [-0.05, 0) is 37.6 Å². The molecule has 0 bridgehead atoms. The summed E-state index contributed by atoms with van der Waals surface area (Å²) in [5, 5.41) is 13.3. The molecule has 1 heterocycles. The first-order chi connectivity index (χ1) is 7.20. The molecular weight excluding hydrogens is 186 g/mol. The summed E-state index contributed by atoms with van der Waals surface area (Å²) in [7, 11) is 0. The molecule has 1 aromatic heterocycles. The molecule has 2 rings (SSSR count). The third kappa shape index (κ3) is 1.75. The lowest BCUT2D eigenvalue weighted by Crippen LogP contribution is -1.98. The Morgan fingerprint density at radius 3 is 2.67 bits per heavy atom. The van der Waals surface area contributed by atoms with E-state index >= 15 is 0 Å². The Kier molecular flexibility index (Phi) is 2.26. The van der Waals surface area contributed by atoms with Gasteiger partial charge in [-0.2, -0.15) is 10.4 Å². The summed E-state index contributed by atoms with van der Waals surface area (Å²) >= 11 is 0.